The molecule has 1 saturated heterocycles. The second-order valence-electron chi connectivity index (χ2n) is 8.03. The summed E-state index contributed by atoms with van der Waals surface area (Å²) < 4.78 is 84.4. The third-order valence-corrected chi connectivity index (χ3v) is 5.74. The third kappa shape index (κ3) is 4.93. The van der Waals surface area contributed by atoms with Gasteiger partial charge in [-0.2, -0.15) is 36.3 Å². The van der Waals surface area contributed by atoms with Crippen molar-refractivity contribution >= 4 is 34.5 Å². The van der Waals surface area contributed by atoms with Gasteiger partial charge in [0.25, 0.3) is 0 Å². The lowest BCUT2D eigenvalue weighted by Crippen LogP contribution is -2.36. The number of nitrogens with two attached hydrogens (primary N) is 1. The van der Waals surface area contributed by atoms with Gasteiger partial charge in [0.05, 0.1) is 22.7 Å². The van der Waals surface area contributed by atoms with Gasteiger partial charge in [-0.25, -0.2) is 9.78 Å². The Morgan fingerprint density at radius 2 is 1.89 bits per heavy atom. The number of nitrogen functional groups attached to an aromatic ring is 1. The molecule has 1 atom stereocenters. The van der Waals surface area contributed by atoms with Crippen molar-refractivity contribution in [2.24, 2.45) is 0 Å². The van der Waals surface area contributed by atoms with E-state index < -0.39 is 36.5 Å². The van der Waals surface area contributed by atoms with Gasteiger partial charge >= 0.3 is 18.3 Å². The molecule has 0 radical (unpaired) electrons. The number of pyridine rings is 1. The van der Waals surface area contributed by atoms with E-state index in [4.69, 9.17) is 5.73 Å². The van der Waals surface area contributed by atoms with E-state index in [2.05, 4.69) is 25.0 Å². The first-order valence-electron chi connectivity index (χ1n) is 10.7. The number of benzene rings is 1. The number of esters is 1. The van der Waals surface area contributed by atoms with Gasteiger partial charge in [-0.1, -0.05) is 6.07 Å². The summed E-state index contributed by atoms with van der Waals surface area (Å²) in [7, 11) is 1.59. The maximum absolute atomic E-state index is 14.1. The highest BCUT2D eigenvalue weighted by Gasteiger charge is 2.42. The molecule has 0 amide bonds. The number of hydrogen-bond acceptors (Lipinski definition) is 8. The number of alkyl halides is 6. The first kappa shape index (κ1) is 25.3. The van der Waals surface area contributed by atoms with Gasteiger partial charge in [-0.05, 0) is 37.1 Å². The molecule has 2 aromatic heterocycles. The smallest absolute Gasteiger partial charge is 0.457 e. The largest absolute Gasteiger partial charge is 0.490 e. The topological polar surface area (TPSA) is 106 Å². The van der Waals surface area contributed by atoms with Crippen molar-refractivity contribution in [3.63, 3.8) is 0 Å². The lowest BCUT2D eigenvalue weighted by atomic mass is 9.99. The van der Waals surface area contributed by atoms with Gasteiger partial charge in [0.15, 0.2) is 5.65 Å². The standard InChI is InChI=1S/C22H20F6N6O2/c1-30-17-12-7-8-14(31-18(12)33-20(29)32-17)16-13(21(23,24)25)5-2-6-15(16)34-9-3-4-11(34)10-36-19(35)22(26,27)28/h2,5-8,11H,3-4,9-10H2,1H3,(H3,29,30,31,32,33). The molecule has 1 unspecified atom stereocenters. The number of aromatic nitrogens is 3. The Labute approximate surface area is 200 Å². The average molecular weight is 514 g/mol. The van der Waals surface area contributed by atoms with Crippen LogP contribution in [0.25, 0.3) is 22.3 Å². The summed E-state index contributed by atoms with van der Waals surface area (Å²) in [5.41, 5.74) is 4.54. The number of rotatable bonds is 5. The second kappa shape index (κ2) is 9.32. The zero-order valence-corrected chi connectivity index (χ0v) is 18.7. The van der Waals surface area contributed by atoms with Crippen LogP contribution in [0.15, 0.2) is 30.3 Å². The van der Waals surface area contributed by atoms with Crippen LogP contribution in [0.1, 0.15) is 18.4 Å². The van der Waals surface area contributed by atoms with Gasteiger partial charge in [-0.3, -0.25) is 0 Å². The molecule has 1 fully saturated rings. The minimum atomic E-state index is -5.17. The lowest BCUT2D eigenvalue weighted by molar-refractivity contribution is -0.200. The van der Waals surface area contributed by atoms with Crippen molar-refractivity contribution < 1.29 is 35.9 Å². The zero-order chi connectivity index (χ0) is 26.3. The quantitative estimate of drug-likeness (QED) is 0.381. The molecule has 14 heteroatoms. The van der Waals surface area contributed by atoms with Crippen molar-refractivity contribution in [1.29, 1.82) is 0 Å². The number of ether oxygens (including phenoxy) is 1. The Morgan fingerprint density at radius 1 is 1.14 bits per heavy atom. The summed E-state index contributed by atoms with van der Waals surface area (Å²) >= 11 is 0. The van der Waals surface area contributed by atoms with Gasteiger partial charge in [0.2, 0.25) is 5.95 Å². The summed E-state index contributed by atoms with van der Waals surface area (Å²) in [6.45, 7) is -0.385. The molecular weight excluding hydrogens is 494 g/mol. The summed E-state index contributed by atoms with van der Waals surface area (Å²) in [6, 6.07) is 5.66. The summed E-state index contributed by atoms with van der Waals surface area (Å²) in [5.74, 6) is -2.15. The molecule has 36 heavy (non-hydrogen) atoms. The number of halogens is 6. The molecule has 0 aliphatic carbocycles. The molecule has 3 aromatic rings. The molecule has 3 heterocycles. The molecule has 1 aromatic carbocycles. The summed E-state index contributed by atoms with van der Waals surface area (Å²) in [6.07, 6.45) is -9.14. The Hall–Kier alpha value is -3.84. The van der Waals surface area contributed by atoms with Crippen LogP contribution in [0.5, 0.6) is 0 Å². The van der Waals surface area contributed by atoms with Crippen molar-refractivity contribution in [3.8, 4) is 11.3 Å². The average Bonchev–Trinajstić information content (AvgIpc) is 3.28. The molecule has 1 aliphatic rings. The summed E-state index contributed by atoms with van der Waals surface area (Å²) in [4.78, 5) is 25.1. The number of anilines is 3. The number of hydrogen-bond donors (Lipinski definition) is 2. The van der Waals surface area contributed by atoms with Crippen LogP contribution in [0.3, 0.4) is 0 Å². The molecule has 8 nitrogen and oxygen atoms in total. The van der Waals surface area contributed by atoms with E-state index in [1.54, 1.807) is 7.05 Å². The number of nitrogens with one attached hydrogen (secondary N) is 1. The maximum Gasteiger partial charge on any atom is 0.490 e. The highest BCUT2D eigenvalue weighted by molar-refractivity contribution is 5.91. The monoisotopic (exact) mass is 514 g/mol. The predicted octanol–water partition coefficient (Wildman–Crippen LogP) is 4.41. The molecule has 192 valence electrons. The number of nitrogens with zero attached hydrogens (tertiary/aromatic N) is 4. The van der Waals surface area contributed by atoms with E-state index >= 15 is 0 Å². The van der Waals surface area contributed by atoms with E-state index in [-0.39, 0.29) is 35.1 Å². The van der Waals surface area contributed by atoms with Crippen LogP contribution in [-0.4, -0.2) is 53.3 Å². The van der Waals surface area contributed by atoms with Crippen molar-refractivity contribution in [2.45, 2.75) is 31.2 Å². The molecule has 0 spiro atoms. The first-order chi connectivity index (χ1) is 16.9. The molecule has 1 aliphatic heterocycles. The lowest BCUT2D eigenvalue weighted by Gasteiger charge is -2.30. The highest BCUT2D eigenvalue weighted by atomic mass is 19.4. The van der Waals surface area contributed by atoms with E-state index in [0.29, 0.717) is 24.0 Å². The zero-order valence-electron chi connectivity index (χ0n) is 18.7. The summed E-state index contributed by atoms with van der Waals surface area (Å²) in [5, 5.41) is 3.25. The Balaban J connectivity index is 1.82. The van der Waals surface area contributed by atoms with E-state index in [1.165, 1.54) is 29.2 Å². The van der Waals surface area contributed by atoms with E-state index in [9.17, 15) is 31.1 Å². The van der Waals surface area contributed by atoms with Crippen LogP contribution >= 0.6 is 0 Å². The highest BCUT2D eigenvalue weighted by Crippen LogP contribution is 2.44. The second-order valence-corrected chi connectivity index (χ2v) is 8.03. The first-order valence-corrected chi connectivity index (χ1v) is 10.7. The van der Waals surface area contributed by atoms with Crippen LogP contribution < -0.4 is 16.0 Å². The molecular formula is C22H20F6N6O2. The van der Waals surface area contributed by atoms with Crippen molar-refractivity contribution in [2.75, 3.05) is 36.1 Å². The fraction of sp³-hybridized carbons (Fsp3) is 0.364. The number of carbonyl (C=O) groups excluding carboxylic acids is 1. The normalized spacial score (nSPS) is 16.4. The van der Waals surface area contributed by atoms with Crippen molar-refractivity contribution in [1.82, 2.24) is 15.0 Å². The minimum Gasteiger partial charge on any atom is -0.457 e. The van der Waals surface area contributed by atoms with Gasteiger partial charge in [-0.15, -0.1) is 0 Å². The third-order valence-electron chi connectivity index (χ3n) is 5.74. The Kier molecular flexibility index (Phi) is 6.54. The van der Waals surface area contributed by atoms with Gasteiger partial charge in [0, 0.05) is 24.8 Å². The van der Waals surface area contributed by atoms with Crippen molar-refractivity contribution in [3.05, 3.63) is 35.9 Å². The number of carbonyl (C=O) groups is 1. The molecule has 4 rings (SSSR count). The SMILES string of the molecule is CNc1nc(N)nc2nc(-c3c(N4CCCC4COC(=O)C(F)(F)F)cccc3C(F)(F)F)ccc12. The predicted molar refractivity (Wildman–Crippen MR) is 119 cm³/mol. The molecule has 3 N–H and O–H groups in total. The maximum atomic E-state index is 14.1. The van der Waals surface area contributed by atoms with Crippen LogP contribution in [-0.2, 0) is 15.7 Å². The fourth-order valence-electron chi connectivity index (χ4n) is 4.22. The van der Waals surface area contributed by atoms with Crippen LogP contribution in [0, 0.1) is 0 Å². The van der Waals surface area contributed by atoms with E-state index in [1.807, 2.05) is 0 Å². The Morgan fingerprint density at radius 3 is 2.56 bits per heavy atom. The van der Waals surface area contributed by atoms with E-state index in [0.717, 1.165) is 6.07 Å². The van der Waals surface area contributed by atoms with Crippen LogP contribution in [0.2, 0.25) is 0 Å². The number of fused-ring (bicyclic) bond motifs is 1. The van der Waals surface area contributed by atoms with Gasteiger partial charge < -0.3 is 20.7 Å². The van der Waals surface area contributed by atoms with Crippen LogP contribution in [0.4, 0.5) is 43.8 Å². The molecule has 0 bridgehead atoms. The Bertz CT molecular complexity index is 1300. The fourth-order valence-corrected chi connectivity index (χ4v) is 4.22. The molecule has 0 saturated carbocycles. The van der Waals surface area contributed by atoms with Gasteiger partial charge in [0.1, 0.15) is 12.4 Å². The minimum absolute atomic E-state index is 0.0596.